The summed E-state index contributed by atoms with van der Waals surface area (Å²) in [5.74, 6) is 0. The third-order valence-electron chi connectivity index (χ3n) is 2.36. The van der Waals surface area contributed by atoms with Crippen molar-refractivity contribution in [1.82, 2.24) is 4.90 Å². The molecule has 0 aromatic carbocycles. The number of ether oxygens (including phenoxy) is 2. The molecular formula is C13H25NO4. The summed E-state index contributed by atoms with van der Waals surface area (Å²) < 4.78 is 10.0. The van der Waals surface area contributed by atoms with E-state index in [-0.39, 0.29) is 6.04 Å². The summed E-state index contributed by atoms with van der Waals surface area (Å²) in [6.45, 7) is 8.19. The van der Waals surface area contributed by atoms with Crippen LogP contribution in [0.4, 0.5) is 9.59 Å². The van der Waals surface area contributed by atoms with Crippen molar-refractivity contribution in [1.29, 1.82) is 0 Å². The van der Waals surface area contributed by atoms with Crippen LogP contribution in [0.5, 0.6) is 0 Å². The van der Waals surface area contributed by atoms with Crippen molar-refractivity contribution in [2.75, 3.05) is 13.2 Å². The molecule has 0 saturated carbocycles. The van der Waals surface area contributed by atoms with Crippen molar-refractivity contribution in [3.05, 3.63) is 0 Å². The van der Waals surface area contributed by atoms with E-state index < -0.39 is 12.2 Å². The first-order valence-electron chi connectivity index (χ1n) is 6.67. The first-order chi connectivity index (χ1) is 8.54. The number of amides is 2. The van der Waals surface area contributed by atoms with Gasteiger partial charge in [0.2, 0.25) is 0 Å². The van der Waals surface area contributed by atoms with Gasteiger partial charge in [-0.2, -0.15) is 0 Å². The Hall–Kier alpha value is -1.26. The van der Waals surface area contributed by atoms with Gasteiger partial charge in [-0.3, -0.25) is 0 Å². The molecule has 2 amide bonds. The normalized spacial score (nSPS) is 10.3. The van der Waals surface area contributed by atoms with E-state index in [0.717, 1.165) is 30.6 Å². The smallest absolute Gasteiger partial charge is 0.419 e. The number of carbonyl (C=O) groups is 2. The highest BCUT2D eigenvalue weighted by Gasteiger charge is 2.27. The molecule has 18 heavy (non-hydrogen) atoms. The zero-order chi connectivity index (χ0) is 14.0. The highest BCUT2D eigenvalue weighted by Crippen LogP contribution is 2.06. The molecule has 0 aliphatic heterocycles. The van der Waals surface area contributed by atoms with Crippen LogP contribution in [0.15, 0.2) is 0 Å². The maximum atomic E-state index is 11.7. The topological polar surface area (TPSA) is 55.8 Å². The van der Waals surface area contributed by atoms with E-state index >= 15 is 0 Å². The van der Waals surface area contributed by atoms with Crippen LogP contribution in [0.1, 0.15) is 53.4 Å². The standard InChI is InChI=1S/C13H25NO4/c1-5-7-9-17-12(15)14(11(3)4)13(16)18-10-8-6-2/h11H,5-10H2,1-4H3. The van der Waals surface area contributed by atoms with Gasteiger partial charge in [-0.15, -0.1) is 0 Å². The molecule has 0 atom stereocenters. The number of imide groups is 1. The fourth-order valence-electron chi connectivity index (χ4n) is 1.24. The summed E-state index contributed by atoms with van der Waals surface area (Å²) in [6.07, 6.45) is 2.22. The zero-order valence-electron chi connectivity index (χ0n) is 11.9. The summed E-state index contributed by atoms with van der Waals surface area (Å²) >= 11 is 0. The van der Waals surface area contributed by atoms with Crippen LogP contribution < -0.4 is 0 Å². The van der Waals surface area contributed by atoms with E-state index in [1.165, 1.54) is 0 Å². The quantitative estimate of drug-likeness (QED) is 0.656. The molecular weight excluding hydrogens is 234 g/mol. The lowest BCUT2D eigenvalue weighted by Crippen LogP contribution is -2.42. The lowest BCUT2D eigenvalue weighted by Gasteiger charge is -2.23. The number of unbranched alkanes of at least 4 members (excludes halogenated alkanes) is 2. The minimum atomic E-state index is -0.625. The Labute approximate surface area is 109 Å². The van der Waals surface area contributed by atoms with Gasteiger partial charge < -0.3 is 9.47 Å². The Morgan fingerprint density at radius 1 is 0.944 bits per heavy atom. The van der Waals surface area contributed by atoms with Crippen molar-refractivity contribution in [3.63, 3.8) is 0 Å². The van der Waals surface area contributed by atoms with Gasteiger partial charge in [-0.1, -0.05) is 26.7 Å². The van der Waals surface area contributed by atoms with Gasteiger partial charge in [0.05, 0.1) is 13.2 Å². The molecule has 0 aliphatic rings. The molecule has 0 rings (SSSR count). The van der Waals surface area contributed by atoms with Crippen LogP contribution in [0.3, 0.4) is 0 Å². The molecule has 0 aliphatic carbocycles. The van der Waals surface area contributed by atoms with E-state index in [1.54, 1.807) is 13.8 Å². The maximum Gasteiger partial charge on any atom is 0.419 e. The minimum Gasteiger partial charge on any atom is -0.449 e. The van der Waals surface area contributed by atoms with Crippen LogP contribution in [0.2, 0.25) is 0 Å². The average Bonchev–Trinajstić information content (AvgIpc) is 2.29. The lowest BCUT2D eigenvalue weighted by atomic mass is 10.3. The fourth-order valence-corrected chi connectivity index (χ4v) is 1.24. The molecule has 0 unspecified atom stereocenters. The van der Waals surface area contributed by atoms with Crippen molar-refractivity contribution in [2.45, 2.75) is 59.4 Å². The number of carbonyl (C=O) groups excluding carboxylic acids is 2. The highest BCUT2D eigenvalue weighted by molar-refractivity contribution is 5.88. The second-order valence-corrected chi connectivity index (χ2v) is 4.40. The van der Waals surface area contributed by atoms with Gasteiger partial charge in [0.15, 0.2) is 0 Å². The molecule has 0 heterocycles. The molecule has 0 spiro atoms. The number of hydrogen-bond donors (Lipinski definition) is 0. The van der Waals surface area contributed by atoms with E-state index in [9.17, 15) is 9.59 Å². The average molecular weight is 259 g/mol. The molecule has 0 aromatic heterocycles. The number of nitrogens with zero attached hydrogens (tertiary/aromatic N) is 1. The highest BCUT2D eigenvalue weighted by atomic mass is 16.6. The lowest BCUT2D eigenvalue weighted by molar-refractivity contribution is 0.0663. The fraction of sp³-hybridized carbons (Fsp3) is 0.846. The maximum absolute atomic E-state index is 11.7. The first-order valence-corrected chi connectivity index (χ1v) is 6.67. The van der Waals surface area contributed by atoms with E-state index in [4.69, 9.17) is 9.47 Å². The molecule has 5 heteroatoms. The van der Waals surface area contributed by atoms with Crippen LogP contribution in [0.25, 0.3) is 0 Å². The Balaban J connectivity index is 4.27. The molecule has 0 aromatic rings. The second kappa shape index (κ2) is 9.74. The molecule has 0 N–H and O–H groups in total. The predicted octanol–water partition coefficient (Wildman–Crippen LogP) is 3.57. The zero-order valence-corrected chi connectivity index (χ0v) is 11.9. The van der Waals surface area contributed by atoms with Crippen LogP contribution in [0, 0.1) is 0 Å². The molecule has 106 valence electrons. The monoisotopic (exact) mass is 259 g/mol. The Kier molecular flexibility index (Phi) is 9.06. The molecule has 0 fully saturated rings. The number of hydrogen-bond acceptors (Lipinski definition) is 4. The van der Waals surface area contributed by atoms with E-state index in [0.29, 0.717) is 13.2 Å². The van der Waals surface area contributed by atoms with Gasteiger partial charge in [0, 0.05) is 6.04 Å². The summed E-state index contributed by atoms with van der Waals surface area (Å²) in [4.78, 5) is 24.5. The molecule has 0 radical (unpaired) electrons. The summed E-state index contributed by atoms with van der Waals surface area (Å²) in [6, 6.07) is -0.270. The van der Waals surface area contributed by atoms with Crippen molar-refractivity contribution < 1.29 is 19.1 Å². The molecule has 0 saturated heterocycles. The van der Waals surface area contributed by atoms with Gasteiger partial charge in [0.1, 0.15) is 0 Å². The van der Waals surface area contributed by atoms with E-state index in [1.807, 2.05) is 13.8 Å². The van der Waals surface area contributed by atoms with E-state index in [2.05, 4.69) is 0 Å². The Morgan fingerprint density at radius 3 is 1.61 bits per heavy atom. The van der Waals surface area contributed by atoms with Crippen LogP contribution in [-0.2, 0) is 9.47 Å². The third kappa shape index (κ3) is 6.47. The van der Waals surface area contributed by atoms with Gasteiger partial charge in [-0.05, 0) is 26.7 Å². The first kappa shape index (κ1) is 16.7. The molecule has 5 nitrogen and oxygen atoms in total. The number of rotatable bonds is 7. The van der Waals surface area contributed by atoms with Gasteiger partial charge in [-0.25, -0.2) is 14.5 Å². The second-order valence-electron chi connectivity index (χ2n) is 4.40. The van der Waals surface area contributed by atoms with Crippen molar-refractivity contribution in [2.24, 2.45) is 0 Å². The Bertz CT molecular complexity index is 231. The van der Waals surface area contributed by atoms with Crippen molar-refractivity contribution in [3.8, 4) is 0 Å². The van der Waals surface area contributed by atoms with Crippen LogP contribution in [-0.4, -0.2) is 36.3 Å². The third-order valence-corrected chi connectivity index (χ3v) is 2.36. The summed E-state index contributed by atoms with van der Waals surface area (Å²) in [5, 5.41) is 0. The predicted molar refractivity (Wildman–Crippen MR) is 69.5 cm³/mol. The minimum absolute atomic E-state index is 0.270. The SMILES string of the molecule is CCCCOC(=O)N(C(=O)OCCCC)C(C)C. The van der Waals surface area contributed by atoms with Crippen molar-refractivity contribution >= 4 is 12.2 Å². The summed E-state index contributed by atoms with van der Waals surface area (Å²) in [5.41, 5.74) is 0. The Morgan fingerprint density at radius 2 is 1.33 bits per heavy atom. The summed E-state index contributed by atoms with van der Waals surface area (Å²) in [7, 11) is 0. The molecule has 0 bridgehead atoms. The van der Waals surface area contributed by atoms with Gasteiger partial charge >= 0.3 is 12.2 Å². The van der Waals surface area contributed by atoms with Crippen LogP contribution >= 0.6 is 0 Å². The largest absolute Gasteiger partial charge is 0.449 e. The van der Waals surface area contributed by atoms with Gasteiger partial charge in [0.25, 0.3) is 0 Å².